The summed E-state index contributed by atoms with van der Waals surface area (Å²) >= 11 is 0. The number of nitrogens with two attached hydrogens (primary N) is 1. The molecule has 0 radical (unpaired) electrons. The molecule has 0 aliphatic heterocycles. The van der Waals surface area contributed by atoms with Crippen molar-refractivity contribution in [2.45, 2.75) is 32.6 Å². The molecule has 1 aromatic carbocycles. The Morgan fingerprint density at radius 2 is 1.57 bits per heavy atom. The first kappa shape index (κ1) is 15.2. The molecule has 21 heavy (non-hydrogen) atoms. The van der Waals surface area contributed by atoms with Crippen LogP contribution in [-0.4, -0.2) is 18.4 Å². The minimum absolute atomic E-state index is 0.0620. The maximum Gasteiger partial charge on any atom is 0.264 e. The van der Waals surface area contributed by atoms with Crippen molar-refractivity contribution in [3.63, 3.8) is 0 Å². The highest BCUT2D eigenvalue weighted by molar-refractivity contribution is 7.92. The lowest BCUT2D eigenvalue weighted by molar-refractivity contribution is 0.600. The van der Waals surface area contributed by atoms with E-state index in [2.05, 4.69) is 14.7 Å². The van der Waals surface area contributed by atoms with Crippen LogP contribution in [0.1, 0.15) is 22.5 Å². The molecule has 2 aromatic rings. The highest BCUT2D eigenvalue weighted by Crippen LogP contribution is 2.23. The zero-order chi connectivity index (χ0) is 15.8. The van der Waals surface area contributed by atoms with Crippen LogP contribution in [0.25, 0.3) is 0 Å². The molecule has 0 spiro atoms. The first-order chi connectivity index (χ1) is 9.69. The van der Waals surface area contributed by atoms with E-state index >= 15 is 0 Å². The van der Waals surface area contributed by atoms with Gasteiger partial charge in [0.05, 0.1) is 4.90 Å². The highest BCUT2D eigenvalue weighted by atomic mass is 32.2. The number of benzene rings is 1. The molecule has 1 aromatic heterocycles. The monoisotopic (exact) mass is 306 g/mol. The molecule has 3 N–H and O–H groups in total. The van der Waals surface area contributed by atoms with Crippen LogP contribution in [0.2, 0.25) is 0 Å². The van der Waals surface area contributed by atoms with E-state index in [9.17, 15) is 8.42 Å². The molecule has 2 rings (SSSR count). The van der Waals surface area contributed by atoms with Crippen molar-refractivity contribution in [3.8, 4) is 0 Å². The lowest BCUT2D eigenvalue weighted by Crippen LogP contribution is -2.17. The third-order valence-electron chi connectivity index (χ3n) is 3.14. The highest BCUT2D eigenvalue weighted by Gasteiger charge is 2.20. The second-order valence-corrected chi connectivity index (χ2v) is 6.69. The molecule has 0 fully saturated rings. The maximum absolute atomic E-state index is 12.5. The average molecular weight is 306 g/mol. The Hall–Kier alpha value is -2.15. The number of nitrogen functional groups attached to an aromatic ring is 1. The minimum Gasteiger partial charge on any atom is -0.399 e. The van der Waals surface area contributed by atoms with Gasteiger partial charge >= 0.3 is 0 Å². The van der Waals surface area contributed by atoms with E-state index < -0.39 is 10.0 Å². The van der Waals surface area contributed by atoms with Crippen LogP contribution in [0.4, 0.5) is 11.6 Å². The van der Waals surface area contributed by atoms with Crippen molar-refractivity contribution in [3.05, 3.63) is 40.7 Å². The molecule has 0 unspecified atom stereocenters. The van der Waals surface area contributed by atoms with E-state index in [4.69, 9.17) is 5.73 Å². The van der Waals surface area contributed by atoms with Crippen LogP contribution in [0.15, 0.2) is 23.1 Å². The van der Waals surface area contributed by atoms with Gasteiger partial charge in [-0.1, -0.05) is 0 Å². The van der Waals surface area contributed by atoms with Gasteiger partial charge in [0, 0.05) is 17.1 Å². The average Bonchev–Trinajstić information content (AvgIpc) is 2.31. The van der Waals surface area contributed by atoms with Crippen LogP contribution < -0.4 is 10.5 Å². The van der Waals surface area contributed by atoms with Gasteiger partial charge in [0.2, 0.25) is 5.95 Å². The van der Waals surface area contributed by atoms with E-state index in [0.29, 0.717) is 22.6 Å². The fourth-order valence-electron chi connectivity index (χ4n) is 2.08. The zero-order valence-electron chi connectivity index (χ0n) is 12.4. The number of nitrogens with zero attached hydrogens (tertiary/aromatic N) is 2. The van der Waals surface area contributed by atoms with Gasteiger partial charge in [-0.15, -0.1) is 0 Å². The molecular formula is C14H18N4O2S. The third-order valence-corrected chi connectivity index (χ3v) is 4.59. The number of hydrogen-bond acceptors (Lipinski definition) is 5. The van der Waals surface area contributed by atoms with E-state index in [1.165, 1.54) is 6.07 Å². The lowest BCUT2D eigenvalue weighted by Gasteiger charge is -2.12. The number of aryl methyl sites for hydroxylation is 3. The van der Waals surface area contributed by atoms with Crippen molar-refractivity contribution < 1.29 is 8.42 Å². The fraction of sp³-hybridized carbons (Fsp3) is 0.286. The van der Waals surface area contributed by atoms with Gasteiger partial charge < -0.3 is 5.73 Å². The van der Waals surface area contributed by atoms with E-state index in [1.54, 1.807) is 32.9 Å². The number of nitrogens with one attached hydrogen (secondary N) is 1. The minimum atomic E-state index is -3.78. The van der Waals surface area contributed by atoms with Crippen molar-refractivity contribution in [1.29, 1.82) is 0 Å². The SMILES string of the molecule is Cc1cc(C)nc(NS(=O)(=O)c2cc(N)cc(C)c2C)n1. The van der Waals surface area contributed by atoms with Gasteiger partial charge in [0.25, 0.3) is 10.0 Å². The first-order valence-corrected chi connectivity index (χ1v) is 7.89. The Labute approximate surface area is 124 Å². The summed E-state index contributed by atoms with van der Waals surface area (Å²) in [6.45, 7) is 7.12. The molecule has 7 heteroatoms. The lowest BCUT2D eigenvalue weighted by atomic mass is 10.1. The molecule has 1 heterocycles. The van der Waals surface area contributed by atoms with Gasteiger partial charge in [-0.2, -0.15) is 0 Å². The molecule has 112 valence electrons. The van der Waals surface area contributed by atoms with E-state index in [1.807, 2.05) is 6.92 Å². The quantitative estimate of drug-likeness (QED) is 0.846. The smallest absolute Gasteiger partial charge is 0.264 e. The molecule has 0 bridgehead atoms. The normalized spacial score (nSPS) is 11.4. The number of sulfonamides is 1. The molecule has 6 nitrogen and oxygen atoms in total. The number of rotatable bonds is 3. The largest absolute Gasteiger partial charge is 0.399 e. The van der Waals surface area contributed by atoms with Crippen molar-refractivity contribution >= 4 is 21.7 Å². The molecule has 0 atom stereocenters. The van der Waals surface area contributed by atoms with Gasteiger partial charge in [-0.25, -0.2) is 23.1 Å². The Bertz CT molecular complexity index is 781. The van der Waals surface area contributed by atoms with Crippen LogP contribution in [0.5, 0.6) is 0 Å². The van der Waals surface area contributed by atoms with Crippen molar-refractivity contribution in [2.24, 2.45) is 0 Å². The summed E-state index contributed by atoms with van der Waals surface area (Å²) in [4.78, 5) is 8.31. The summed E-state index contributed by atoms with van der Waals surface area (Å²) < 4.78 is 27.4. The van der Waals surface area contributed by atoms with Crippen molar-refractivity contribution in [2.75, 3.05) is 10.5 Å². The molecular weight excluding hydrogens is 288 g/mol. The summed E-state index contributed by atoms with van der Waals surface area (Å²) in [5, 5.41) is 0. The Morgan fingerprint density at radius 3 is 2.14 bits per heavy atom. The van der Waals surface area contributed by atoms with Crippen LogP contribution in [0, 0.1) is 27.7 Å². The van der Waals surface area contributed by atoms with Crippen LogP contribution >= 0.6 is 0 Å². The van der Waals surface area contributed by atoms with Gasteiger partial charge in [0.15, 0.2) is 0 Å². The standard InChI is InChI=1S/C14H18N4O2S/c1-8-5-12(15)7-13(11(8)4)21(19,20)18-14-16-9(2)6-10(3)17-14/h5-7H,15H2,1-4H3,(H,16,17,18). The van der Waals surface area contributed by atoms with Crippen molar-refractivity contribution in [1.82, 2.24) is 9.97 Å². The number of aromatic nitrogens is 2. The molecule has 0 aliphatic carbocycles. The number of anilines is 2. The second kappa shape index (κ2) is 5.33. The topological polar surface area (TPSA) is 98.0 Å². The maximum atomic E-state index is 12.5. The van der Waals surface area contributed by atoms with Crippen LogP contribution in [-0.2, 0) is 10.0 Å². The molecule has 0 aliphatic rings. The van der Waals surface area contributed by atoms with Gasteiger partial charge in [-0.3, -0.25) is 0 Å². The Morgan fingerprint density at radius 1 is 1.00 bits per heavy atom. The molecule has 0 saturated carbocycles. The summed E-state index contributed by atoms with van der Waals surface area (Å²) in [7, 11) is -3.78. The van der Waals surface area contributed by atoms with E-state index in [-0.39, 0.29) is 10.8 Å². The predicted octanol–water partition coefficient (Wildman–Crippen LogP) is 2.09. The molecule has 0 saturated heterocycles. The molecule has 0 amide bonds. The summed E-state index contributed by atoms with van der Waals surface area (Å²) in [5.74, 6) is 0.0620. The van der Waals surface area contributed by atoms with Gasteiger partial charge in [-0.05, 0) is 57.0 Å². The van der Waals surface area contributed by atoms with E-state index in [0.717, 1.165) is 5.56 Å². The third kappa shape index (κ3) is 3.30. The fourth-order valence-corrected chi connectivity index (χ4v) is 3.38. The number of hydrogen-bond donors (Lipinski definition) is 2. The van der Waals surface area contributed by atoms with Gasteiger partial charge in [0.1, 0.15) is 0 Å². The predicted molar refractivity (Wildman–Crippen MR) is 82.6 cm³/mol. The summed E-state index contributed by atoms with van der Waals surface area (Å²) in [6.07, 6.45) is 0. The first-order valence-electron chi connectivity index (χ1n) is 6.41. The van der Waals surface area contributed by atoms with Crippen LogP contribution in [0.3, 0.4) is 0 Å². The Balaban J connectivity index is 2.48. The summed E-state index contributed by atoms with van der Waals surface area (Å²) in [5.41, 5.74) is 9.01. The summed E-state index contributed by atoms with van der Waals surface area (Å²) in [6, 6.07) is 4.95. The zero-order valence-corrected chi connectivity index (χ0v) is 13.2. The second-order valence-electron chi connectivity index (χ2n) is 5.04. The Kier molecular flexibility index (Phi) is 3.87.